The molecule has 0 spiro atoms. The first-order chi connectivity index (χ1) is 6.95. The first-order valence-corrected chi connectivity index (χ1v) is 4.67. The highest BCUT2D eigenvalue weighted by atomic mass is 19.1. The van der Waals surface area contributed by atoms with Crippen molar-refractivity contribution in [3.8, 4) is 6.07 Å². The van der Waals surface area contributed by atoms with Gasteiger partial charge in [0, 0.05) is 0 Å². The molecule has 15 heavy (non-hydrogen) atoms. The van der Waals surface area contributed by atoms with Crippen molar-refractivity contribution in [2.45, 2.75) is 36.9 Å². The molecule has 0 radical (unpaired) electrons. The van der Waals surface area contributed by atoms with Crippen molar-refractivity contribution in [3.63, 3.8) is 0 Å². The number of carbonyl (C=O) groups is 1. The average Bonchev–Trinajstić information content (AvgIpc) is 2.22. The molecule has 1 aliphatic carbocycles. The van der Waals surface area contributed by atoms with Gasteiger partial charge in [-0.25, -0.2) is 9.18 Å². The van der Waals surface area contributed by atoms with Gasteiger partial charge < -0.3 is 15.5 Å². The maximum atomic E-state index is 13.6. The van der Waals surface area contributed by atoms with Crippen molar-refractivity contribution in [3.05, 3.63) is 0 Å². The van der Waals surface area contributed by atoms with E-state index in [9.17, 15) is 9.18 Å². The first-order valence-electron chi connectivity index (χ1n) is 4.67. The van der Waals surface area contributed by atoms with Gasteiger partial charge in [-0.05, 0) is 25.7 Å². The highest BCUT2D eigenvalue weighted by Crippen LogP contribution is 2.36. The lowest BCUT2D eigenvalue weighted by Gasteiger charge is -2.37. The van der Waals surface area contributed by atoms with Gasteiger partial charge in [-0.15, -0.1) is 0 Å². The van der Waals surface area contributed by atoms with Gasteiger partial charge in [0.1, 0.15) is 11.2 Å². The third-order valence-electron chi connectivity index (χ3n) is 2.84. The average molecular weight is 216 g/mol. The van der Waals surface area contributed by atoms with Crippen LogP contribution in [-0.4, -0.2) is 34.1 Å². The van der Waals surface area contributed by atoms with Crippen LogP contribution >= 0.6 is 0 Å². The summed E-state index contributed by atoms with van der Waals surface area (Å²) in [5.41, 5.74) is -2.86. The summed E-state index contributed by atoms with van der Waals surface area (Å²) in [5, 5.41) is 28.3. The molecule has 0 aliphatic heterocycles. The molecular weight excluding hydrogens is 203 g/mol. The minimum Gasteiger partial charge on any atom is -0.465 e. The van der Waals surface area contributed by atoms with Crippen molar-refractivity contribution in [1.82, 2.24) is 5.32 Å². The monoisotopic (exact) mass is 216 g/mol. The molecule has 1 aliphatic rings. The van der Waals surface area contributed by atoms with E-state index in [1.54, 1.807) is 0 Å². The fourth-order valence-electron chi connectivity index (χ4n) is 1.75. The van der Waals surface area contributed by atoms with Crippen molar-refractivity contribution in [1.29, 1.82) is 5.26 Å². The summed E-state index contributed by atoms with van der Waals surface area (Å²) in [7, 11) is 0. The molecule has 1 fully saturated rings. The van der Waals surface area contributed by atoms with Gasteiger partial charge in [0.05, 0.1) is 12.7 Å². The van der Waals surface area contributed by atoms with Crippen LogP contribution in [0.3, 0.4) is 0 Å². The second kappa shape index (κ2) is 4.03. The third-order valence-corrected chi connectivity index (χ3v) is 2.84. The van der Waals surface area contributed by atoms with E-state index in [2.05, 4.69) is 5.32 Å². The first kappa shape index (κ1) is 11.7. The zero-order chi connectivity index (χ0) is 11.5. The number of aliphatic hydroxyl groups excluding tert-OH is 1. The summed E-state index contributed by atoms with van der Waals surface area (Å²) in [4.78, 5) is 10.5. The zero-order valence-corrected chi connectivity index (χ0v) is 8.16. The SMILES string of the molecule is N#CC1(NC(=O)O)CCC(F)(CO)CC1. The predicted octanol–water partition coefficient (Wildman–Crippen LogP) is 0.791. The van der Waals surface area contributed by atoms with Crippen molar-refractivity contribution >= 4 is 6.09 Å². The molecule has 0 unspecified atom stereocenters. The smallest absolute Gasteiger partial charge is 0.405 e. The molecule has 5 nitrogen and oxygen atoms in total. The molecule has 0 heterocycles. The highest BCUT2D eigenvalue weighted by molar-refractivity contribution is 5.66. The van der Waals surface area contributed by atoms with Crippen LogP contribution in [0.25, 0.3) is 0 Å². The van der Waals surface area contributed by atoms with Gasteiger partial charge in [0.2, 0.25) is 0 Å². The van der Waals surface area contributed by atoms with Crippen LogP contribution in [0.2, 0.25) is 0 Å². The Morgan fingerprint density at radius 1 is 1.47 bits per heavy atom. The Balaban J connectivity index is 2.67. The number of carboxylic acid groups (broad SMARTS) is 1. The summed E-state index contributed by atoms with van der Waals surface area (Å²) in [6.07, 6.45) is -1.11. The molecule has 0 bridgehead atoms. The van der Waals surface area contributed by atoms with Gasteiger partial charge in [-0.3, -0.25) is 0 Å². The van der Waals surface area contributed by atoms with Crippen molar-refractivity contribution in [2.75, 3.05) is 6.61 Å². The van der Waals surface area contributed by atoms with Gasteiger partial charge in [-0.1, -0.05) is 0 Å². The van der Waals surface area contributed by atoms with Gasteiger partial charge in [-0.2, -0.15) is 5.26 Å². The molecule has 84 valence electrons. The molecule has 6 heteroatoms. The van der Waals surface area contributed by atoms with Crippen molar-refractivity contribution < 1.29 is 19.4 Å². The van der Waals surface area contributed by atoms with Crippen LogP contribution in [0.1, 0.15) is 25.7 Å². The number of hydrogen-bond donors (Lipinski definition) is 3. The lowest BCUT2D eigenvalue weighted by molar-refractivity contribution is 0.0192. The van der Waals surface area contributed by atoms with E-state index < -0.39 is 23.9 Å². The number of nitrogens with one attached hydrogen (secondary N) is 1. The number of rotatable bonds is 2. The number of aliphatic hydroxyl groups is 1. The summed E-state index contributed by atoms with van der Waals surface area (Å²) in [5.74, 6) is 0. The minimum atomic E-state index is -1.67. The summed E-state index contributed by atoms with van der Waals surface area (Å²) in [6.45, 7) is -0.582. The summed E-state index contributed by atoms with van der Waals surface area (Å²) in [6, 6.07) is 1.87. The van der Waals surface area contributed by atoms with E-state index >= 15 is 0 Å². The maximum Gasteiger partial charge on any atom is 0.405 e. The van der Waals surface area contributed by atoms with Crippen molar-refractivity contribution in [2.24, 2.45) is 0 Å². The Bertz CT molecular complexity index is 292. The lowest BCUT2D eigenvalue weighted by atomic mass is 9.76. The fraction of sp³-hybridized carbons (Fsp3) is 0.778. The van der Waals surface area contributed by atoms with Crippen LogP contribution in [0, 0.1) is 11.3 Å². The summed E-state index contributed by atoms with van der Waals surface area (Å²) < 4.78 is 13.6. The van der Waals surface area contributed by atoms with Crippen LogP contribution < -0.4 is 5.32 Å². The second-order valence-corrected chi connectivity index (χ2v) is 3.93. The molecule has 0 saturated heterocycles. The fourth-order valence-corrected chi connectivity index (χ4v) is 1.75. The maximum absolute atomic E-state index is 13.6. The van der Waals surface area contributed by atoms with Gasteiger partial charge >= 0.3 is 6.09 Å². The number of nitrogens with zero attached hydrogens (tertiary/aromatic N) is 1. The molecule has 0 aromatic rings. The minimum absolute atomic E-state index is 0.00264. The lowest BCUT2D eigenvalue weighted by Crippen LogP contribution is -2.52. The number of halogens is 1. The topological polar surface area (TPSA) is 93.4 Å². The van der Waals surface area contributed by atoms with Crippen LogP contribution in [0.4, 0.5) is 9.18 Å². The normalized spacial score (nSPS) is 35.5. The molecule has 3 N–H and O–H groups in total. The number of alkyl halides is 1. The number of hydrogen-bond acceptors (Lipinski definition) is 3. The van der Waals surface area contributed by atoms with E-state index in [0.717, 1.165) is 0 Å². The second-order valence-electron chi connectivity index (χ2n) is 3.93. The third kappa shape index (κ3) is 2.57. The van der Waals surface area contributed by atoms with Crippen LogP contribution in [-0.2, 0) is 0 Å². The zero-order valence-electron chi connectivity index (χ0n) is 8.16. The Kier molecular flexibility index (Phi) is 3.15. The molecule has 0 aromatic heterocycles. The molecule has 1 rings (SSSR count). The number of amides is 1. The Labute approximate surface area is 86.5 Å². The van der Waals surface area contributed by atoms with E-state index in [1.165, 1.54) is 0 Å². The van der Waals surface area contributed by atoms with E-state index in [4.69, 9.17) is 15.5 Å². The van der Waals surface area contributed by atoms with E-state index in [-0.39, 0.29) is 25.7 Å². The molecule has 0 atom stereocenters. The standard InChI is InChI=1S/C9H13FN2O3/c10-8(6-13)1-3-9(5-11,4-2-8)12-7(14)15/h12-13H,1-4,6H2,(H,14,15). The van der Waals surface area contributed by atoms with Gasteiger partial charge in [0.15, 0.2) is 0 Å². The quantitative estimate of drug-likeness (QED) is 0.636. The Morgan fingerprint density at radius 2 is 2.00 bits per heavy atom. The Morgan fingerprint density at radius 3 is 2.33 bits per heavy atom. The number of nitriles is 1. The molecular formula is C9H13FN2O3. The summed E-state index contributed by atoms with van der Waals surface area (Å²) >= 11 is 0. The largest absolute Gasteiger partial charge is 0.465 e. The van der Waals surface area contributed by atoms with E-state index in [1.807, 2.05) is 6.07 Å². The highest BCUT2D eigenvalue weighted by Gasteiger charge is 2.44. The molecule has 1 saturated carbocycles. The van der Waals surface area contributed by atoms with Crippen LogP contribution in [0.15, 0.2) is 0 Å². The van der Waals surface area contributed by atoms with E-state index in [0.29, 0.717) is 0 Å². The van der Waals surface area contributed by atoms with Gasteiger partial charge in [0.25, 0.3) is 0 Å². The molecule has 1 amide bonds. The van der Waals surface area contributed by atoms with Crippen LogP contribution in [0.5, 0.6) is 0 Å². The Hall–Kier alpha value is -1.35. The predicted molar refractivity (Wildman–Crippen MR) is 48.9 cm³/mol. The molecule has 0 aromatic carbocycles.